The van der Waals surface area contributed by atoms with E-state index in [1.807, 2.05) is 12.1 Å². The standard InChI is InChI=1S/C27H30FN3O2.C6H10F2N2O/c1-27(2)14-23-25(20-11-9-17(28)13-22(20)31(23)24(32)15-27)16-8-10-19(26(29)33)21(12-16)30-18-6-4-3-5-7-18;1-9-5(11)4-2-6(7,8)3-10-4/h8-13,18,30H,3-7,14-15H2,1-2H3,(H2,29,33);4,10H,2-3H2,1H3,(H,9,11). The lowest BCUT2D eigenvalue weighted by Crippen LogP contribution is -2.38. The summed E-state index contributed by atoms with van der Waals surface area (Å²) in [6.07, 6.45) is 6.43. The molecule has 1 saturated carbocycles. The minimum Gasteiger partial charge on any atom is -0.382 e. The summed E-state index contributed by atoms with van der Waals surface area (Å²) in [6, 6.07) is 9.83. The second-order valence-electron chi connectivity index (χ2n) is 12.9. The van der Waals surface area contributed by atoms with Crippen molar-refractivity contribution in [2.75, 3.05) is 18.9 Å². The Hall–Kier alpha value is -3.86. The summed E-state index contributed by atoms with van der Waals surface area (Å²) >= 11 is 0. The van der Waals surface area contributed by atoms with E-state index >= 15 is 0 Å². The third-order valence-corrected chi connectivity index (χ3v) is 8.76. The highest BCUT2D eigenvalue weighted by Gasteiger charge is 2.42. The van der Waals surface area contributed by atoms with E-state index in [9.17, 15) is 27.6 Å². The summed E-state index contributed by atoms with van der Waals surface area (Å²) in [5.41, 5.74) is 10.0. The van der Waals surface area contributed by atoms with Gasteiger partial charge in [0.1, 0.15) is 5.82 Å². The van der Waals surface area contributed by atoms with Crippen LogP contribution >= 0.6 is 0 Å². The van der Waals surface area contributed by atoms with E-state index < -0.39 is 30.8 Å². The minimum absolute atomic E-state index is 0.0163. The quantitative estimate of drug-likeness (QED) is 0.298. The van der Waals surface area contributed by atoms with Gasteiger partial charge in [-0.15, -0.1) is 0 Å². The van der Waals surface area contributed by atoms with Crippen molar-refractivity contribution in [1.82, 2.24) is 15.2 Å². The summed E-state index contributed by atoms with van der Waals surface area (Å²) in [4.78, 5) is 36.1. The number of nitrogens with one attached hydrogen (secondary N) is 3. The topological polar surface area (TPSA) is 118 Å². The molecule has 1 atom stereocenters. The Kier molecular flexibility index (Phi) is 8.80. The molecule has 2 fully saturated rings. The van der Waals surface area contributed by atoms with Gasteiger partial charge in [-0.05, 0) is 60.6 Å². The molecular formula is C33H40F3N5O3. The SMILES string of the molecule is CC1(C)CC(=O)n2c(c(-c3ccc(C(N)=O)c(NC4CCCCC4)c3)c3ccc(F)cc32)C1.CNC(=O)C1CC(F)(F)CN1. The van der Waals surface area contributed by atoms with E-state index in [4.69, 9.17) is 5.73 Å². The largest absolute Gasteiger partial charge is 0.382 e. The normalized spacial score (nSPS) is 20.9. The Morgan fingerprint density at radius 1 is 1.05 bits per heavy atom. The summed E-state index contributed by atoms with van der Waals surface area (Å²) in [7, 11) is 1.43. The van der Waals surface area contributed by atoms with E-state index in [-0.39, 0.29) is 23.0 Å². The predicted octanol–water partition coefficient (Wildman–Crippen LogP) is 5.63. The van der Waals surface area contributed by atoms with Crippen molar-refractivity contribution >= 4 is 34.3 Å². The number of amides is 2. The van der Waals surface area contributed by atoms with Crippen LogP contribution in [0.5, 0.6) is 0 Å². The lowest BCUT2D eigenvalue weighted by molar-refractivity contribution is -0.122. The molecule has 1 aromatic heterocycles. The average molecular weight is 612 g/mol. The van der Waals surface area contributed by atoms with Gasteiger partial charge in [0.15, 0.2) is 0 Å². The summed E-state index contributed by atoms with van der Waals surface area (Å²) in [6.45, 7) is 3.77. The number of rotatable bonds is 5. The Labute approximate surface area is 254 Å². The number of hydrogen-bond donors (Lipinski definition) is 4. The number of anilines is 1. The summed E-state index contributed by atoms with van der Waals surface area (Å²) in [5.74, 6) is -3.95. The first-order valence-electron chi connectivity index (χ1n) is 15.2. The lowest BCUT2D eigenvalue weighted by Gasteiger charge is -2.30. The number of primary amides is 1. The molecular weight excluding hydrogens is 571 g/mol. The Morgan fingerprint density at radius 3 is 2.41 bits per heavy atom. The highest BCUT2D eigenvalue weighted by molar-refractivity contribution is 6.06. The van der Waals surface area contributed by atoms with Crippen LogP contribution in [-0.2, 0) is 11.2 Å². The molecule has 6 rings (SSSR count). The Morgan fingerprint density at radius 2 is 1.77 bits per heavy atom. The molecule has 2 amide bonds. The second kappa shape index (κ2) is 12.3. The number of hydrogen-bond acceptors (Lipinski definition) is 5. The van der Waals surface area contributed by atoms with Crippen LogP contribution in [0.15, 0.2) is 36.4 Å². The van der Waals surface area contributed by atoms with Crippen molar-refractivity contribution in [2.24, 2.45) is 11.1 Å². The number of nitrogens with zero attached hydrogens (tertiary/aromatic N) is 1. The molecule has 3 aromatic rings. The van der Waals surface area contributed by atoms with E-state index in [0.717, 1.165) is 40.7 Å². The van der Waals surface area contributed by atoms with Gasteiger partial charge in [0.25, 0.3) is 11.8 Å². The zero-order chi connectivity index (χ0) is 31.8. The van der Waals surface area contributed by atoms with Crippen LogP contribution in [0, 0.1) is 11.2 Å². The van der Waals surface area contributed by atoms with Crippen LogP contribution in [0.2, 0.25) is 0 Å². The molecule has 236 valence electrons. The lowest BCUT2D eigenvalue weighted by atomic mass is 9.80. The number of fused-ring (bicyclic) bond motifs is 3. The van der Waals surface area contributed by atoms with Crippen molar-refractivity contribution in [3.05, 3.63) is 53.5 Å². The third kappa shape index (κ3) is 6.62. The monoisotopic (exact) mass is 611 g/mol. The minimum atomic E-state index is -2.73. The molecule has 8 nitrogen and oxygen atoms in total. The van der Waals surface area contributed by atoms with Crippen LogP contribution in [0.4, 0.5) is 18.9 Å². The van der Waals surface area contributed by atoms with E-state index in [0.29, 0.717) is 30.0 Å². The zero-order valence-electron chi connectivity index (χ0n) is 25.4. The van der Waals surface area contributed by atoms with Crippen LogP contribution in [0.25, 0.3) is 22.0 Å². The van der Waals surface area contributed by atoms with Gasteiger partial charge in [-0.25, -0.2) is 13.2 Å². The second-order valence-corrected chi connectivity index (χ2v) is 12.9. The van der Waals surface area contributed by atoms with Gasteiger partial charge in [-0.2, -0.15) is 0 Å². The first kappa shape index (κ1) is 31.6. The highest BCUT2D eigenvalue weighted by Crippen LogP contribution is 2.43. The molecule has 0 bridgehead atoms. The fraction of sp³-hybridized carbons (Fsp3) is 0.485. The van der Waals surface area contributed by atoms with Gasteiger partial charge in [-0.1, -0.05) is 39.2 Å². The summed E-state index contributed by atoms with van der Waals surface area (Å²) in [5, 5.41) is 9.15. The average Bonchev–Trinajstić information content (AvgIpc) is 3.48. The molecule has 1 saturated heterocycles. The Balaban J connectivity index is 0.000000296. The molecule has 2 aliphatic heterocycles. The number of halogens is 3. The van der Waals surface area contributed by atoms with E-state index in [2.05, 4.69) is 29.8 Å². The number of carbonyl (C=O) groups is 3. The molecule has 0 spiro atoms. The zero-order valence-corrected chi connectivity index (χ0v) is 25.4. The fourth-order valence-corrected chi connectivity index (χ4v) is 6.67. The van der Waals surface area contributed by atoms with Gasteiger partial charge in [0.05, 0.1) is 23.7 Å². The fourth-order valence-electron chi connectivity index (χ4n) is 6.67. The number of likely N-dealkylation sites (N-methyl/N-ethyl adjacent to an activating group) is 1. The molecule has 1 aliphatic carbocycles. The van der Waals surface area contributed by atoms with Gasteiger partial charge in [0.2, 0.25) is 11.8 Å². The van der Waals surface area contributed by atoms with Crippen molar-refractivity contribution < 1.29 is 27.6 Å². The molecule has 3 aliphatic rings. The van der Waals surface area contributed by atoms with Crippen molar-refractivity contribution in [2.45, 2.75) is 83.2 Å². The smallest absolute Gasteiger partial charge is 0.262 e. The number of carbonyl (C=O) groups excluding carboxylic acids is 3. The van der Waals surface area contributed by atoms with Gasteiger partial charge >= 0.3 is 0 Å². The molecule has 5 N–H and O–H groups in total. The Bertz CT molecular complexity index is 1590. The molecule has 1 unspecified atom stereocenters. The molecule has 11 heteroatoms. The van der Waals surface area contributed by atoms with E-state index in [1.54, 1.807) is 16.7 Å². The van der Waals surface area contributed by atoms with Crippen LogP contribution in [-0.4, -0.2) is 53.9 Å². The number of aromatic nitrogens is 1. The molecule has 3 heterocycles. The van der Waals surface area contributed by atoms with Crippen LogP contribution in [0.1, 0.15) is 79.6 Å². The molecule has 0 radical (unpaired) electrons. The summed E-state index contributed by atoms with van der Waals surface area (Å²) < 4.78 is 40.8. The highest BCUT2D eigenvalue weighted by atomic mass is 19.3. The van der Waals surface area contributed by atoms with Gasteiger partial charge < -0.3 is 16.4 Å². The maximum absolute atomic E-state index is 14.2. The van der Waals surface area contributed by atoms with Gasteiger partial charge in [-0.3, -0.25) is 24.3 Å². The maximum Gasteiger partial charge on any atom is 0.262 e. The predicted molar refractivity (Wildman–Crippen MR) is 164 cm³/mol. The number of nitrogens with two attached hydrogens (primary N) is 1. The third-order valence-electron chi connectivity index (χ3n) is 8.76. The van der Waals surface area contributed by atoms with Crippen LogP contribution < -0.4 is 21.7 Å². The first-order valence-corrected chi connectivity index (χ1v) is 15.2. The number of benzene rings is 2. The van der Waals surface area contributed by atoms with Crippen LogP contribution in [0.3, 0.4) is 0 Å². The molecule has 44 heavy (non-hydrogen) atoms. The first-order chi connectivity index (χ1) is 20.8. The van der Waals surface area contributed by atoms with Crippen molar-refractivity contribution in [3.8, 4) is 11.1 Å². The number of alkyl halides is 2. The van der Waals surface area contributed by atoms with E-state index in [1.165, 1.54) is 38.4 Å². The van der Waals surface area contributed by atoms with Gasteiger partial charge in [0, 0.05) is 48.3 Å². The van der Waals surface area contributed by atoms with Crippen molar-refractivity contribution in [3.63, 3.8) is 0 Å². The van der Waals surface area contributed by atoms with Crippen molar-refractivity contribution in [1.29, 1.82) is 0 Å². The maximum atomic E-state index is 14.2. The molecule has 2 aromatic carbocycles.